The van der Waals surface area contributed by atoms with Gasteiger partial charge in [-0.05, 0) is 40.9 Å². The topological polar surface area (TPSA) is 54.4 Å². The van der Waals surface area contributed by atoms with E-state index in [1.165, 1.54) is 0 Å². The first-order valence-corrected chi connectivity index (χ1v) is 7.64. The molecule has 1 N–H and O–H groups in total. The number of halogens is 1. The summed E-state index contributed by atoms with van der Waals surface area (Å²) in [5.41, 5.74) is 2.18. The van der Waals surface area contributed by atoms with E-state index in [1.807, 2.05) is 24.3 Å². The number of benzene rings is 2. The van der Waals surface area contributed by atoms with Crippen LogP contribution in [0.5, 0.6) is 0 Å². The molecular formula is C16H13ClO3S. The molecule has 0 aromatic heterocycles. The van der Waals surface area contributed by atoms with E-state index in [4.69, 9.17) is 16.7 Å². The lowest BCUT2D eigenvalue weighted by Gasteiger charge is -2.06. The molecule has 2 rings (SSSR count). The van der Waals surface area contributed by atoms with E-state index in [2.05, 4.69) is 0 Å². The van der Waals surface area contributed by atoms with Crippen LogP contribution in [0.25, 0.3) is 0 Å². The van der Waals surface area contributed by atoms with Gasteiger partial charge in [-0.1, -0.05) is 30.3 Å². The summed E-state index contributed by atoms with van der Waals surface area (Å²) in [5.74, 6) is -0.211. The summed E-state index contributed by atoms with van der Waals surface area (Å²) >= 11 is 7.13. The van der Waals surface area contributed by atoms with Gasteiger partial charge in [-0.2, -0.15) is 0 Å². The first-order valence-electron chi connectivity index (χ1n) is 6.27. The highest BCUT2D eigenvalue weighted by atomic mass is 35.5. The Morgan fingerprint density at radius 1 is 1.05 bits per heavy atom. The van der Waals surface area contributed by atoms with Crippen LogP contribution < -0.4 is 0 Å². The van der Waals surface area contributed by atoms with Crippen molar-refractivity contribution in [3.8, 4) is 0 Å². The molecule has 0 fully saturated rings. The molecule has 2 aromatic rings. The van der Waals surface area contributed by atoms with Crippen LogP contribution in [0.1, 0.15) is 21.5 Å². The summed E-state index contributed by atoms with van der Waals surface area (Å²) in [6.07, 6.45) is 0.0224. The lowest BCUT2D eigenvalue weighted by atomic mass is 10.1. The Hall–Kier alpha value is -1.78. The molecule has 0 saturated carbocycles. The number of carboxylic acid groups (broad SMARTS) is 1. The molecule has 0 spiro atoms. The Morgan fingerprint density at radius 2 is 1.71 bits per heavy atom. The molecule has 0 heterocycles. The highest BCUT2D eigenvalue weighted by Gasteiger charge is 2.08. The molecule has 0 aliphatic heterocycles. The fourth-order valence-electron chi connectivity index (χ4n) is 1.88. The van der Waals surface area contributed by atoms with E-state index < -0.39 is 11.2 Å². The van der Waals surface area contributed by atoms with Crippen molar-refractivity contribution in [3.05, 3.63) is 65.2 Å². The number of rotatable bonds is 6. The van der Waals surface area contributed by atoms with Gasteiger partial charge in [0.15, 0.2) is 0 Å². The molecule has 3 nitrogen and oxygen atoms in total. The van der Waals surface area contributed by atoms with Gasteiger partial charge in [-0.25, -0.2) is 0 Å². The van der Waals surface area contributed by atoms with Crippen LogP contribution in [0.3, 0.4) is 0 Å². The molecule has 0 aliphatic rings. The van der Waals surface area contributed by atoms with Crippen molar-refractivity contribution in [2.24, 2.45) is 0 Å². The second kappa shape index (κ2) is 7.29. The number of aliphatic carboxylic acids is 1. The van der Waals surface area contributed by atoms with Crippen LogP contribution in [0.2, 0.25) is 0 Å². The van der Waals surface area contributed by atoms with Gasteiger partial charge in [0.25, 0.3) is 5.24 Å². The Balaban J connectivity index is 2.03. The van der Waals surface area contributed by atoms with Gasteiger partial charge >= 0.3 is 5.97 Å². The third-order valence-corrected chi connectivity index (χ3v) is 4.17. The maximum Gasteiger partial charge on any atom is 0.307 e. The highest BCUT2D eigenvalue weighted by molar-refractivity contribution is 7.98. The molecule has 0 amide bonds. The van der Waals surface area contributed by atoms with Crippen molar-refractivity contribution >= 4 is 34.6 Å². The van der Waals surface area contributed by atoms with Crippen molar-refractivity contribution in [2.45, 2.75) is 17.1 Å². The van der Waals surface area contributed by atoms with E-state index in [9.17, 15) is 9.59 Å². The van der Waals surface area contributed by atoms with Crippen LogP contribution in [0.4, 0.5) is 0 Å². The number of carboxylic acids is 1. The first kappa shape index (κ1) is 15.6. The number of carbonyl (C=O) groups is 2. The average molecular weight is 321 g/mol. The van der Waals surface area contributed by atoms with Gasteiger partial charge in [-0.15, -0.1) is 11.8 Å². The van der Waals surface area contributed by atoms with E-state index >= 15 is 0 Å². The standard InChI is InChI=1S/C16H13ClO3S/c17-16(20)14-4-2-1-3-12(14)10-21-13-7-5-11(6-8-13)9-15(18)19/h1-8H,9-10H2,(H,18,19). The van der Waals surface area contributed by atoms with Gasteiger partial charge in [0.2, 0.25) is 0 Å². The molecule has 108 valence electrons. The summed E-state index contributed by atoms with van der Waals surface area (Å²) in [7, 11) is 0. The van der Waals surface area contributed by atoms with Crippen molar-refractivity contribution in [3.63, 3.8) is 0 Å². The third-order valence-electron chi connectivity index (χ3n) is 2.90. The summed E-state index contributed by atoms with van der Waals surface area (Å²) < 4.78 is 0. The summed E-state index contributed by atoms with van der Waals surface area (Å²) in [4.78, 5) is 23.0. The number of thioether (sulfide) groups is 1. The van der Waals surface area contributed by atoms with Gasteiger partial charge in [0.1, 0.15) is 0 Å². The predicted molar refractivity (Wildman–Crippen MR) is 84.0 cm³/mol. The Bertz CT molecular complexity index is 653. The predicted octanol–water partition coefficient (Wildman–Crippen LogP) is 3.99. The van der Waals surface area contributed by atoms with Crippen LogP contribution in [-0.4, -0.2) is 16.3 Å². The number of hydrogen-bond donors (Lipinski definition) is 1. The van der Waals surface area contributed by atoms with Gasteiger partial charge < -0.3 is 5.11 Å². The molecule has 5 heteroatoms. The van der Waals surface area contributed by atoms with Gasteiger partial charge in [0, 0.05) is 16.2 Å². The molecule has 0 aliphatic carbocycles. The van der Waals surface area contributed by atoms with Crippen molar-refractivity contribution in [1.82, 2.24) is 0 Å². The molecule has 0 unspecified atom stereocenters. The van der Waals surface area contributed by atoms with Gasteiger partial charge in [0.05, 0.1) is 6.42 Å². The fourth-order valence-corrected chi connectivity index (χ4v) is 2.96. The minimum Gasteiger partial charge on any atom is -0.481 e. The monoisotopic (exact) mass is 320 g/mol. The fraction of sp³-hybridized carbons (Fsp3) is 0.125. The lowest BCUT2D eigenvalue weighted by Crippen LogP contribution is -1.99. The summed E-state index contributed by atoms with van der Waals surface area (Å²) in [6.45, 7) is 0. The van der Waals surface area contributed by atoms with E-state index in [1.54, 1.807) is 36.0 Å². The molecular weight excluding hydrogens is 308 g/mol. The zero-order valence-corrected chi connectivity index (χ0v) is 12.7. The summed E-state index contributed by atoms with van der Waals surface area (Å²) in [5, 5.41) is 8.27. The molecule has 0 bridgehead atoms. The Labute approximate surface area is 131 Å². The summed E-state index contributed by atoms with van der Waals surface area (Å²) in [6, 6.07) is 14.6. The largest absolute Gasteiger partial charge is 0.481 e. The van der Waals surface area contributed by atoms with E-state index in [0.717, 1.165) is 16.0 Å². The van der Waals surface area contributed by atoms with Gasteiger partial charge in [-0.3, -0.25) is 9.59 Å². The lowest BCUT2D eigenvalue weighted by molar-refractivity contribution is -0.136. The first-order chi connectivity index (χ1) is 10.1. The maximum absolute atomic E-state index is 11.3. The Morgan fingerprint density at radius 3 is 2.33 bits per heavy atom. The highest BCUT2D eigenvalue weighted by Crippen LogP contribution is 2.25. The number of hydrogen-bond acceptors (Lipinski definition) is 3. The molecule has 21 heavy (non-hydrogen) atoms. The quantitative estimate of drug-likeness (QED) is 0.646. The average Bonchev–Trinajstić information content (AvgIpc) is 2.46. The normalized spacial score (nSPS) is 10.3. The van der Waals surface area contributed by atoms with E-state index in [0.29, 0.717) is 11.3 Å². The van der Waals surface area contributed by atoms with Crippen LogP contribution in [0.15, 0.2) is 53.4 Å². The van der Waals surface area contributed by atoms with Crippen molar-refractivity contribution in [1.29, 1.82) is 0 Å². The smallest absolute Gasteiger partial charge is 0.307 e. The van der Waals surface area contributed by atoms with Crippen LogP contribution in [0, 0.1) is 0 Å². The maximum atomic E-state index is 11.3. The minimum atomic E-state index is -0.843. The van der Waals surface area contributed by atoms with Crippen LogP contribution >= 0.6 is 23.4 Å². The van der Waals surface area contributed by atoms with E-state index in [-0.39, 0.29) is 6.42 Å². The SMILES string of the molecule is O=C(O)Cc1ccc(SCc2ccccc2C(=O)Cl)cc1. The van der Waals surface area contributed by atoms with Crippen molar-refractivity contribution < 1.29 is 14.7 Å². The molecule has 0 atom stereocenters. The van der Waals surface area contributed by atoms with Crippen LogP contribution in [-0.2, 0) is 17.0 Å². The zero-order valence-electron chi connectivity index (χ0n) is 11.1. The second-order valence-electron chi connectivity index (χ2n) is 4.43. The molecule has 2 aromatic carbocycles. The molecule has 0 radical (unpaired) electrons. The van der Waals surface area contributed by atoms with Crippen molar-refractivity contribution in [2.75, 3.05) is 0 Å². The Kier molecular flexibility index (Phi) is 5.42. The number of carbonyl (C=O) groups excluding carboxylic acids is 1. The minimum absolute atomic E-state index is 0.0224. The zero-order chi connectivity index (χ0) is 15.2. The second-order valence-corrected chi connectivity index (χ2v) is 5.83. The third kappa shape index (κ3) is 4.62. The molecule has 0 saturated heterocycles.